The smallest absolute Gasteiger partial charge is 0.252 e. The molecule has 0 aliphatic heterocycles. The van der Waals surface area contributed by atoms with E-state index in [-0.39, 0.29) is 5.91 Å². The van der Waals surface area contributed by atoms with Crippen LogP contribution in [0.2, 0.25) is 0 Å². The van der Waals surface area contributed by atoms with Crippen LogP contribution >= 0.6 is 0 Å². The van der Waals surface area contributed by atoms with E-state index in [0.717, 1.165) is 0 Å². The Balaban J connectivity index is 2.98. The van der Waals surface area contributed by atoms with E-state index >= 15 is 0 Å². The standard InChI is InChI=1S/C14H18N2O3/c1-5-14(2,9-15)16-13(17)10-6-7-11(18-3)12(8-10)19-4/h6-8H,5H2,1-4H3,(H,16,17)/t14-/m0/s1. The molecule has 0 spiro atoms. The molecule has 5 nitrogen and oxygen atoms in total. The highest BCUT2D eigenvalue weighted by Crippen LogP contribution is 2.27. The summed E-state index contributed by atoms with van der Waals surface area (Å²) in [5, 5.41) is 11.8. The van der Waals surface area contributed by atoms with Crippen molar-refractivity contribution in [1.82, 2.24) is 5.32 Å². The zero-order valence-corrected chi connectivity index (χ0v) is 11.6. The maximum atomic E-state index is 12.1. The minimum atomic E-state index is -0.871. The van der Waals surface area contributed by atoms with Crippen LogP contribution in [0.1, 0.15) is 30.6 Å². The summed E-state index contributed by atoms with van der Waals surface area (Å²) < 4.78 is 10.2. The third-order valence-electron chi connectivity index (χ3n) is 2.99. The number of rotatable bonds is 5. The van der Waals surface area contributed by atoms with Crippen LogP contribution in [0.4, 0.5) is 0 Å². The van der Waals surface area contributed by atoms with Crippen molar-refractivity contribution in [2.45, 2.75) is 25.8 Å². The van der Waals surface area contributed by atoms with Gasteiger partial charge in [0.25, 0.3) is 5.91 Å². The van der Waals surface area contributed by atoms with Gasteiger partial charge in [-0.15, -0.1) is 0 Å². The van der Waals surface area contributed by atoms with Crippen molar-refractivity contribution >= 4 is 5.91 Å². The Kier molecular flexibility index (Phi) is 4.76. The van der Waals surface area contributed by atoms with Gasteiger partial charge >= 0.3 is 0 Å². The zero-order chi connectivity index (χ0) is 14.5. The van der Waals surface area contributed by atoms with Crippen molar-refractivity contribution in [1.29, 1.82) is 5.26 Å². The third-order valence-corrected chi connectivity index (χ3v) is 2.99. The van der Waals surface area contributed by atoms with Gasteiger partial charge in [0.05, 0.1) is 20.3 Å². The van der Waals surface area contributed by atoms with Crippen molar-refractivity contribution in [2.24, 2.45) is 0 Å². The molecule has 1 N–H and O–H groups in total. The molecule has 0 aliphatic carbocycles. The summed E-state index contributed by atoms with van der Waals surface area (Å²) in [4.78, 5) is 12.1. The average molecular weight is 262 g/mol. The van der Waals surface area contributed by atoms with Crippen molar-refractivity contribution in [3.8, 4) is 17.6 Å². The van der Waals surface area contributed by atoms with Crippen LogP contribution in [0.25, 0.3) is 0 Å². The number of nitrogens with one attached hydrogen (secondary N) is 1. The first-order chi connectivity index (χ1) is 8.99. The van der Waals surface area contributed by atoms with Crippen molar-refractivity contribution in [3.05, 3.63) is 23.8 Å². The number of nitrogens with zero attached hydrogens (tertiary/aromatic N) is 1. The first kappa shape index (κ1) is 14.8. The topological polar surface area (TPSA) is 71.4 Å². The third kappa shape index (κ3) is 3.38. The summed E-state index contributed by atoms with van der Waals surface area (Å²) in [6.07, 6.45) is 0.530. The lowest BCUT2D eigenvalue weighted by Gasteiger charge is -2.21. The number of carbonyl (C=O) groups excluding carboxylic acids is 1. The lowest BCUT2D eigenvalue weighted by atomic mass is 10.0. The lowest BCUT2D eigenvalue weighted by molar-refractivity contribution is 0.0922. The molecule has 102 valence electrons. The van der Waals surface area contributed by atoms with E-state index in [4.69, 9.17) is 14.7 Å². The number of benzene rings is 1. The monoisotopic (exact) mass is 262 g/mol. The molecule has 0 bridgehead atoms. The second-order valence-electron chi connectivity index (χ2n) is 4.32. The van der Waals surface area contributed by atoms with Gasteiger partial charge in [0, 0.05) is 5.56 Å². The first-order valence-electron chi connectivity index (χ1n) is 5.95. The molecule has 1 aromatic rings. The van der Waals surface area contributed by atoms with E-state index < -0.39 is 5.54 Å². The molecule has 1 rings (SSSR count). The molecule has 0 unspecified atom stereocenters. The molecule has 1 aromatic carbocycles. The van der Waals surface area contributed by atoms with Crippen molar-refractivity contribution in [2.75, 3.05) is 14.2 Å². The van der Waals surface area contributed by atoms with Crippen LogP contribution in [0.5, 0.6) is 11.5 Å². The highest BCUT2D eigenvalue weighted by atomic mass is 16.5. The highest BCUT2D eigenvalue weighted by Gasteiger charge is 2.24. The average Bonchev–Trinajstić information content (AvgIpc) is 2.46. The van der Waals surface area contributed by atoms with Gasteiger partial charge in [-0.2, -0.15) is 5.26 Å². The molecule has 1 amide bonds. The predicted molar refractivity (Wildman–Crippen MR) is 71.3 cm³/mol. The molecular formula is C14H18N2O3. The Morgan fingerprint density at radius 1 is 1.37 bits per heavy atom. The molecule has 0 heterocycles. The zero-order valence-electron chi connectivity index (χ0n) is 11.6. The normalized spacial score (nSPS) is 13.0. The van der Waals surface area contributed by atoms with Crippen LogP contribution in [0.3, 0.4) is 0 Å². The maximum Gasteiger partial charge on any atom is 0.252 e. The second-order valence-corrected chi connectivity index (χ2v) is 4.32. The van der Waals surface area contributed by atoms with Gasteiger partial charge in [-0.25, -0.2) is 0 Å². The Hall–Kier alpha value is -2.22. The summed E-state index contributed by atoms with van der Waals surface area (Å²) in [5.41, 5.74) is -0.447. The molecule has 0 saturated heterocycles. The number of hydrogen-bond acceptors (Lipinski definition) is 4. The first-order valence-corrected chi connectivity index (χ1v) is 5.95. The van der Waals surface area contributed by atoms with Gasteiger partial charge in [0.1, 0.15) is 5.54 Å². The van der Waals surface area contributed by atoms with Gasteiger partial charge in [0.2, 0.25) is 0 Å². The Labute approximate surface area is 113 Å². The molecule has 19 heavy (non-hydrogen) atoms. The van der Waals surface area contributed by atoms with Crippen molar-refractivity contribution in [3.63, 3.8) is 0 Å². The summed E-state index contributed by atoms with van der Waals surface area (Å²) in [5.74, 6) is 0.717. The minimum absolute atomic E-state index is 0.313. The molecule has 5 heteroatoms. The summed E-state index contributed by atoms with van der Waals surface area (Å²) in [6, 6.07) is 6.96. The molecule has 0 radical (unpaired) electrons. The predicted octanol–water partition coefficient (Wildman–Crippen LogP) is 2.13. The largest absolute Gasteiger partial charge is 0.493 e. The van der Waals surface area contributed by atoms with Crippen LogP contribution in [0.15, 0.2) is 18.2 Å². The minimum Gasteiger partial charge on any atom is -0.493 e. The van der Waals surface area contributed by atoms with Crippen LogP contribution < -0.4 is 14.8 Å². The molecular weight excluding hydrogens is 244 g/mol. The number of ether oxygens (including phenoxy) is 2. The fourth-order valence-corrected chi connectivity index (χ4v) is 1.50. The van der Waals surface area contributed by atoms with E-state index in [0.29, 0.717) is 23.5 Å². The molecule has 0 fully saturated rings. The number of amides is 1. The summed E-state index contributed by atoms with van der Waals surface area (Å²) >= 11 is 0. The van der Waals surface area contributed by atoms with Gasteiger partial charge in [-0.05, 0) is 31.5 Å². The van der Waals surface area contributed by atoms with Gasteiger partial charge in [0.15, 0.2) is 11.5 Å². The van der Waals surface area contributed by atoms with Gasteiger partial charge in [-0.1, -0.05) is 6.92 Å². The SMILES string of the molecule is CC[C@@](C)(C#N)NC(=O)c1ccc(OC)c(OC)c1. The van der Waals surface area contributed by atoms with E-state index in [1.807, 2.05) is 6.92 Å². The van der Waals surface area contributed by atoms with Crippen LogP contribution in [-0.2, 0) is 0 Å². The molecule has 1 atom stereocenters. The van der Waals surface area contributed by atoms with Crippen LogP contribution in [0, 0.1) is 11.3 Å². The number of carbonyl (C=O) groups is 1. The molecule has 0 aliphatic rings. The van der Waals surface area contributed by atoms with E-state index in [2.05, 4.69) is 11.4 Å². The molecule has 0 aromatic heterocycles. The Morgan fingerprint density at radius 2 is 2.00 bits per heavy atom. The van der Waals surface area contributed by atoms with E-state index in [1.54, 1.807) is 25.1 Å². The Morgan fingerprint density at radius 3 is 2.47 bits per heavy atom. The van der Waals surface area contributed by atoms with Crippen molar-refractivity contribution < 1.29 is 14.3 Å². The lowest BCUT2D eigenvalue weighted by Crippen LogP contribution is -2.44. The van der Waals surface area contributed by atoms with Crippen LogP contribution in [-0.4, -0.2) is 25.7 Å². The maximum absolute atomic E-state index is 12.1. The number of hydrogen-bond donors (Lipinski definition) is 1. The summed E-state index contributed by atoms with van der Waals surface area (Å²) in [7, 11) is 3.03. The van der Waals surface area contributed by atoms with E-state index in [1.165, 1.54) is 14.2 Å². The van der Waals surface area contributed by atoms with E-state index in [9.17, 15) is 4.79 Å². The Bertz CT molecular complexity index is 508. The highest BCUT2D eigenvalue weighted by molar-refractivity contribution is 5.95. The van der Waals surface area contributed by atoms with Gasteiger partial charge < -0.3 is 14.8 Å². The fraction of sp³-hybridized carbons (Fsp3) is 0.429. The quantitative estimate of drug-likeness (QED) is 0.882. The number of nitriles is 1. The fourth-order valence-electron chi connectivity index (χ4n) is 1.50. The van der Waals surface area contributed by atoms with Gasteiger partial charge in [-0.3, -0.25) is 4.79 Å². The number of methoxy groups -OCH3 is 2. The molecule has 0 saturated carbocycles. The second kappa shape index (κ2) is 6.10. The summed E-state index contributed by atoms with van der Waals surface area (Å²) in [6.45, 7) is 3.53.